The van der Waals surface area contributed by atoms with Crippen molar-refractivity contribution in [2.24, 2.45) is 0 Å². The van der Waals surface area contributed by atoms with E-state index in [2.05, 4.69) is 17.6 Å². The summed E-state index contributed by atoms with van der Waals surface area (Å²) in [7, 11) is 0. The smallest absolute Gasteiger partial charge is 0.272 e. The van der Waals surface area contributed by atoms with Crippen LogP contribution in [0.2, 0.25) is 0 Å². The maximum Gasteiger partial charge on any atom is 0.272 e. The highest BCUT2D eigenvalue weighted by atomic mass is 16.5. The predicted octanol–water partition coefficient (Wildman–Crippen LogP) is 4.76. The van der Waals surface area contributed by atoms with Gasteiger partial charge in [-0.05, 0) is 30.2 Å². The Morgan fingerprint density at radius 1 is 1.00 bits per heavy atom. The zero-order valence-electron chi connectivity index (χ0n) is 16.5. The number of unbranched alkanes of at least 4 members (excludes halogenated alkanes) is 3. The van der Waals surface area contributed by atoms with Crippen molar-refractivity contribution in [3.63, 3.8) is 0 Å². The lowest BCUT2D eigenvalue weighted by molar-refractivity contribution is -0.120. The van der Waals surface area contributed by atoms with E-state index in [9.17, 15) is 9.59 Å². The Hall–Kier alpha value is -3.08. The number of hydrogen-bond acceptors (Lipinski definition) is 3. The fourth-order valence-electron chi connectivity index (χ4n) is 2.64. The third-order valence-corrected chi connectivity index (χ3v) is 4.02. The molecule has 5 heteroatoms. The van der Waals surface area contributed by atoms with Crippen molar-refractivity contribution in [2.75, 3.05) is 11.9 Å². The number of carbonyl (C=O) groups excluding carboxylic acids is 2. The standard InChI is InChI=1S/C23H28N2O3/c1-3-4-5-9-15-28-21-14-10-13-20(17-21)25-23(27)22(24-18(2)26)16-19-11-7-6-8-12-19/h6-8,10-14,16-17H,3-5,9,15H2,1-2H3,(H,24,26)(H,25,27)/b22-16-. The third-order valence-electron chi connectivity index (χ3n) is 4.02. The molecule has 0 aliphatic rings. The Balaban J connectivity index is 2.03. The van der Waals surface area contributed by atoms with Crippen molar-refractivity contribution >= 4 is 23.6 Å². The van der Waals surface area contributed by atoms with Gasteiger partial charge in [0, 0.05) is 18.7 Å². The molecule has 0 saturated carbocycles. The summed E-state index contributed by atoms with van der Waals surface area (Å²) in [6, 6.07) is 16.6. The Morgan fingerprint density at radius 3 is 2.50 bits per heavy atom. The number of rotatable bonds is 10. The van der Waals surface area contributed by atoms with E-state index in [0.29, 0.717) is 18.0 Å². The van der Waals surface area contributed by atoms with E-state index in [1.54, 1.807) is 18.2 Å². The lowest BCUT2D eigenvalue weighted by Crippen LogP contribution is -2.28. The molecule has 0 aliphatic carbocycles. The highest BCUT2D eigenvalue weighted by Gasteiger charge is 2.12. The van der Waals surface area contributed by atoms with Gasteiger partial charge in [-0.25, -0.2) is 0 Å². The molecule has 0 unspecified atom stereocenters. The molecule has 0 atom stereocenters. The van der Waals surface area contributed by atoms with E-state index >= 15 is 0 Å². The van der Waals surface area contributed by atoms with Crippen LogP contribution in [0.4, 0.5) is 5.69 Å². The van der Waals surface area contributed by atoms with Crippen LogP contribution in [0.5, 0.6) is 5.75 Å². The number of hydrogen-bond donors (Lipinski definition) is 2. The number of carbonyl (C=O) groups is 2. The normalized spacial score (nSPS) is 11.0. The van der Waals surface area contributed by atoms with Crippen LogP contribution in [-0.4, -0.2) is 18.4 Å². The van der Waals surface area contributed by atoms with Crippen molar-refractivity contribution in [2.45, 2.75) is 39.5 Å². The molecule has 2 rings (SSSR count). The monoisotopic (exact) mass is 380 g/mol. The predicted molar refractivity (Wildman–Crippen MR) is 113 cm³/mol. The number of ether oxygens (including phenoxy) is 1. The van der Waals surface area contributed by atoms with E-state index < -0.39 is 0 Å². The quantitative estimate of drug-likeness (QED) is 0.461. The summed E-state index contributed by atoms with van der Waals surface area (Å²) in [6.07, 6.45) is 6.20. The van der Waals surface area contributed by atoms with Crippen LogP contribution in [0, 0.1) is 0 Å². The molecule has 28 heavy (non-hydrogen) atoms. The molecule has 0 bridgehead atoms. The first-order valence-corrected chi connectivity index (χ1v) is 9.67. The van der Waals surface area contributed by atoms with E-state index in [4.69, 9.17) is 4.74 Å². The minimum Gasteiger partial charge on any atom is -0.494 e. The second-order valence-corrected chi connectivity index (χ2v) is 6.54. The van der Waals surface area contributed by atoms with Crippen LogP contribution in [0.3, 0.4) is 0 Å². The fourth-order valence-corrected chi connectivity index (χ4v) is 2.64. The second kappa shape index (κ2) is 11.6. The molecule has 0 spiro atoms. The molecule has 2 aromatic carbocycles. The average Bonchev–Trinajstić information content (AvgIpc) is 2.68. The average molecular weight is 380 g/mol. The van der Waals surface area contributed by atoms with E-state index in [1.165, 1.54) is 19.8 Å². The first-order chi connectivity index (χ1) is 13.6. The Morgan fingerprint density at radius 2 is 1.79 bits per heavy atom. The summed E-state index contributed by atoms with van der Waals surface area (Å²) in [5.74, 6) is 0.0167. The summed E-state index contributed by atoms with van der Waals surface area (Å²) in [5.41, 5.74) is 1.62. The second-order valence-electron chi connectivity index (χ2n) is 6.54. The molecule has 148 valence electrons. The van der Waals surface area contributed by atoms with Crippen LogP contribution in [0.1, 0.15) is 45.1 Å². The van der Waals surface area contributed by atoms with Gasteiger partial charge in [0.05, 0.1) is 6.61 Å². The van der Waals surface area contributed by atoms with Gasteiger partial charge in [-0.1, -0.05) is 62.6 Å². The Labute approximate surface area is 166 Å². The maximum atomic E-state index is 12.7. The van der Waals surface area contributed by atoms with Gasteiger partial charge in [-0.15, -0.1) is 0 Å². The SMILES string of the molecule is CCCCCCOc1cccc(NC(=O)/C(=C/c2ccccc2)NC(C)=O)c1. The zero-order valence-corrected chi connectivity index (χ0v) is 16.5. The zero-order chi connectivity index (χ0) is 20.2. The summed E-state index contributed by atoms with van der Waals surface area (Å²) >= 11 is 0. The van der Waals surface area contributed by atoms with Gasteiger partial charge in [0.1, 0.15) is 11.4 Å². The van der Waals surface area contributed by atoms with Gasteiger partial charge in [0.25, 0.3) is 5.91 Å². The summed E-state index contributed by atoms with van der Waals surface area (Å²) in [5, 5.41) is 5.41. The largest absolute Gasteiger partial charge is 0.494 e. The minimum atomic E-state index is -0.390. The number of anilines is 1. The molecule has 0 aliphatic heterocycles. The molecular weight excluding hydrogens is 352 g/mol. The van der Waals surface area contributed by atoms with Gasteiger partial charge in [-0.3, -0.25) is 9.59 Å². The van der Waals surface area contributed by atoms with E-state index in [0.717, 1.165) is 18.4 Å². The van der Waals surface area contributed by atoms with Crippen molar-refractivity contribution in [3.05, 3.63) is 65.9 Å². The first kappa shape index (κ1) is 21.2. The van der Waals surface area contributed by atoms with Crippen LogP contribution >= 0.6 is 0 Å². The molecule has 2 amide bonds. The van der Waals surface area contributed by atoms with Gasteiger partial charge >= 0.3 is 0 Å². The van der Waals surface area contributed by atoms with Crippen LogP contribution in [0.15, 0.2) is 60.3 Å². The van der Waals surface area contributed by atoms with Gasteiger partial charge in [-0.2, -0.15) is 0 Å². The van der Waals surface area contributed by atoms with Crippen molar-refractivity contribution < 1.29 is 14.3 Å². The fraction of sp³-hybridized carbons (Fsp3) is 0.304. The number of nitrogens with one attached hydrogen (secondary N) is 2. The van der Waals surface area contributed by atoms with E-state index in [1.807, 2.05) is 42.5 Å². The van der Waals surface area contributed by atoms with Crippen molar-refractivity contribution in [1.82, 2.24) is 5.32 Å². The molecule has 2 N–H and O–H groups in total. The molecule has 0 aromatic heterocycles. The molecule has 0 fully saturated rings. The van der Waals surface area contributed by atoms with Crippen LogP contribution in [0.25, 0.3) is 6.08 Å². The molecule has 0 radical (unpaired) electrons. The Bertz CT molecular complexity index is 801. The lowest BCUT2D eigenvalue weighted by Gasteiger charge is -2.11. The van der Waals surface area contributed by atoms with Gasteiger partial charge < -0.3 is 15.4 Å². The Kier molecular flexibility index (Phi) is 8.79. The van der Waals surface area contributed by atoms with Gasteiger partial charge in [0.15, 0.2) is 0 Å². The summed E-state index contributed by atoms with van der Waals surface area (Å²) < 4.78 is 5.76. The minimum absolute atomic E-state index is 0.185. The summed E-state index contributed by atoms with van der Waals surface area (Å²) in [4.78, 5) is 24.2. The topological polar surface area (TPSA) is 67.4 Å². The van der Waals surface area contributed by atoms with Crippen molar-refractivity contribution in [3.8, 4) is 5.75 Å². The highest BCUT2D eigenvalue weighted by Crippen LogP contribution is 2.19. The third kappa shape index (κ3) is 7.66. The molecule has 2 aromatic rings. The highest BCUT2D eigenvalue weighted by molar-refractivity contribution is 6.08. The first-order valence-electron chi connectivity index (χ1n) is 9.67. The molecular formula is C23H28N2O3. The maximum absolute atomic E-state index is 12.7. The van der Waals surface area contributed by atoms with Gasteiger partial charge in [0.2, 0.25) is 5.91 Å². The molecule has 0 heterocycles. The van der Waals surface area contributed by atoms with E-state index in [-0.39, 0.29) is 17.5 Å². The van der Waals surface area contributed by atoms with Crippen molar-refractivity contribution in [1.29, 1.82) is 0 Å². The van der Waals surface area contributed by atoms with Crippen LogP contribution < -0.4 is 15.4 Å². The molecule has 5 nitrogen and oxygen atoms in total. The number of benzene rings is 2. The molecule has 0 saturated heterocycles. The van der Waals surface area contributed by atoms with Crippen LogP contribution in [-0.2, 0) is 9.59 Å². The number of amides is 2. The lowest BCUT2D eigenvalue weighted by atomic mass is 10.2. The summed E-state index contributed by atoms with van der Waals surface area (Å²) in [6.45, 7) is 4.20.